The van der Waals surface area contributed by atoms with E-state index in [4.69, 9.17) is 5.11 Å². The molecule has 0 fully saturated rings. The number of anilines is 1. The number of carboxylic acid groups (broad SMARTS) is 1. The zero-order valence-electron chi connectivity index (χ0n) is 10.9. The third-order valence-electron chi connectivity index (χ3n) is 3.36. The number of aromatic amines is 1. The van der Waals surface area contributed by atoms with E-state index in [0.717, 1.165) is 11.8 Å². The SMILES string of the molecule is O=C(O)c1ccc2c(c1)CCN2C(=O)c1c[nH]c(=O)cn1. The van der Waals surface area contributed by atoms with Gasteiger partial charge in [0.25, 0.3) is 11.5 Å². The van der Waals surface area contributed by atoms with Crippen molar-refractivity contribution < 1.29 is 14.7 Å². The van der Waals surface area contributed by atoms with Crippen LogP contribution in [0.4, 0.5) is 5.69 Å². The normalized spacial score (nSPS) is 13.0. The van der Waals surface area contributed by atoms with Gasteiger partial charge in [0.2, 0.25) is 0 Å². The quantitative estimate of drug-likeness (QED) is 0.844. The molecule has 0 saturated heterocycles. The molecule has 2 heterocycles. The van der Waals surface area contributed by atoms with Gasteiger partial charge >= 0.3 is 5.97 Å². The average molecular weight is 285 g/mol. The number of benzene rings is 1. The van der Waals surface area contributed by atoms with Crippen LogP contribution in [-0.4, -0.2) is 33.5 Å². The number of hydrogen-bond donors (Lipinski definition) is 2. The van der Waals surface area contributed by atoms with Gasteiger partial charge in [0, 0.05) is 18.4 Å². The first-order valence-corrected chi connectivity index (χ1v) is 6.29. The Bertz CT molecular complexity index is 777. The topological polar surface area (TPSA) is 103 Å². The van der Waals surface area contributed by atoms with Gasteiger partial charge in [-0.2, -0.15) is 0 Å². The summed E-state index contributed by atoms with van der Waals surface area (Å²) in [6.45, 7) is 0.456. The van der Waals surface area contributed by atoms with Crippen LogP contribution in [-0.2, 0) is 6.42 Å². The Balaban J connectivity index is 1.93. The van der Waals surface area contributed by atoms with Crippen LogP contribution in [0.5, 0.6) is 0 Å². The lowest BCUT2D eigenvalue weighted by atomic mass is 10.1. The van der Waals surface area contributed by atoms with Gasteiger partial charge in [0.05, 0.1) is 11.8 Å². The number of aromatic nitrogens is 2. The summed E-state index contributed by atoms with van der Waals surface area (Å²) in [5, 5.41) is 8.97. The number of carbonyl (C=O) groups excluding carboxylic acids is 1. The van der Waals surface area contributed by atoms with Gasteiger partial charge in [-0.05, 0) is 30.2 Å². The summed E-state index contributed by atoms with van der Waals surface area (Å²) in [5.41, 5.74) is 1.46. The Morgan fingerprint density at radius 2 is 2.14 bits per heavy atom. The molecule has 2 N–H and O–H groups in total. The van der Waals surface area contributed by atoms with Crippen molar-refractivity contribution in [1.29, 1.82) is 0 Å². The molecular formula is C14H11N3O4. The Hall–Kier alpha value is -2.96. The minimum atomic E-state index is -0.995. The van der Waals surface area contributed by atoms with Crippen LogP contribution in [0.1, 0.15) is 26.4 Å². The van der Waals surface area contributed by atoms with Crippen molar-refractivity contribution in [2.75, 3.05) is 11.4 Å². The Kier molecular flexibility index (Phi) is 3.02. The molecule has 7 nitrogen and oxygen atoms in total. The molecule has 21 heavy (non-hydrogen) atoms. The maximum absolute atomic E-state index is 12.4. The van der Waals surface area contributed by atoms with Crippen molar-refractivity contribution >= 4 is 17.6 Å². The summed E-state index contributed by atoms with van der Waals surface area (Å²) in [7, 11) is 0. The largest absolute Gasteiger partial charge is 0.478 e. The molecule has 0 radical (unpaired) electrons. The fourth-order valence-electron chi connectivity index (χ4n) is 2.34. The van der Waals surface area contributed by atoms with E-state index in [9.17, 15) is 14.4 Å². The molecule has 106 valence electrons. The monoisotopic (exact) mass is 285 g/mol. The molecule has 2 aromatic rings. The highest BCUT2D eigenvalue weighted by Crippen LogP contribution is 2.29. The second kappa shape index (κ2) is 4.86. The van der Waals surface area contributed by atoms with Crippen LogP contribution in [0, 0.1) is 0 Å². The van der Waals surface area contributed by atoms with Crippen molar-refractivity contribution in [2.45, 2.75) is 6.42 Å². The van der Waals surface area contributed by atoms with E-state index in [1.165, 1.54) is 17.2 Å². The van der Waals surface area contributed by atoms with E-state index in [2.05, 4.69) is 9.97 Å². The summed E-state index contributed by atoms with van der Waals surface area (Å²) < 4.78 is 0. The van der Waals surface area contributed by atoms with Gasteiger partial charge in [-0.15, -0.1) is 0 Å². The molecular weight excluding hydrogens is 274 g/mol. The van der Waals surface area contributed by atoms with Crippen LogP contribution in [0.2, 0.25) is 0 Å². The Labute approximate surface area is 118 Å². The van der Waals surface area contributed by atoms with E-state index in [1.807, 2.05) is 0 Å². The third kappa shape index (κ3) is 2.29. The summed E-state index contributed by atoms with van der Waals surface area (Å²) >= 11 is 0. The highest BCUT2D eigenvalue weighted by molar-refractivity contribution is 6.06. The van der Waals surface area contributed by atoms with Crippen molar-refractivity contribution in [3.63, 3.8) is 0 Å². The second-order valence-electron chi connectivity index (χ2n) is 4.65. The summed E-state index contributed by atoms with van der Waals surface area (Å²) in [6, 6.07) is 4.66. The van der Waals surface area contributed by atoms with Gasteiger partial charge in [-0.3, -0.25) is 9.59 Å². The van der Waals surface area contributed by atoms with Crippen LogP contribution < -0.4 is 10.5 Å². The number of nitrogens with one attached hydrogen (secondary N) is 1. The number of hydrogen-bond acceptors (Lipinski definition) is 4. The number of carboxylic acids is 1. The highest BCUT2D eigenvalue weighted by Gasteiger charge is 2.27. The van der Waals surface area contributed by atoms with Crippen LogP contribution in [0.15, 0.2) is 35.4 Å². The molecule has 1 aromatic heterocycles. The molecule has 0 atom stereocenters. The number of aromatic carboxylic acids is 1. The first-order valence-electron chi connectivity index (χ1n) is 6.29. The molecule has 0 saturated carbocycles. The molecule has 1 amide bonds. The van der Waals surface area contributed by atoms with Crippen molar-refractivity contribution in [1.82, 2.24) is 9.97 Å². The van der Waals surface area contributed by atoms with E-state index in [-0.39, 0.29) is 22.7 Å². The standard InChI is InChI=1S/C14H11N3O4/c18-12-7-15-10(6-16-12)13(19)17-4-3-8-5-9(14(20)21)1-2-11(8)17/h1-2,5-7H,3-4H2,(H,16,18)(H,20,21). The second-order valence-corrected chi connectivity index (χ2v) is 4.65. The molecule has 7 heteroatoms. The molecule has 1 aliphatic rings. The minimum Gasteiger partial charge on any atom is -0.478 e. The fraction of sp³-hybridized carbons (Fsp3) is 0.143. The fourth-order valence-corrected chi connectivity index (χ4v) is 2.34. The smallest absolute Gasteiger partial charge is 0.335 e. The number of rotatable bonds is 2. The van der Waals surface area contributed by atoms with Crippen molar-refractivity contribution in [2.24, 2.45) is 0 Å². The molecule has 0 unspecified atom stereocenters. The van der Waals surface area contributed by atoms with Crippen LogP contribution >= 0.6 is 0 Å². The van der Waals surface area contributed by atoms with Gasteiger partial charge in [0.1, 0.15) is 5.69 Å². The molecule has 0 spiro atoms. The van der Waals surface area contributed by atoms with E-state index in [1.54, 1.807) is 12.1 Å². The summed E-state index contributed by atoms with van der Waals surface area (Å²) in [5.74, 6) is -1.32. The highest BCUT2D eigenvalue weighted by atomic mass is 16.4. The van der Waals surface area contributed by atoms with Crippen LogP contribution in [0.3, 0.4) is 0 Å². The third-order valence-corrected chi connectivity index (χ3v) is 3.36. The number of amides is 1. The number of carbonyl (C=O) groups is 2. The first kappa shape index (κ1) is 13.0. The molecule has 3 rings (SSSR count). The lowest BCUT2D eigenvalue weighted by Crippen LogP contribution is -2.30. The van der Waals surface area contributed by atoms with E-state index in [0.29, 0.717) is 18.7 Å². The van der Waals surface area contributed by atoms with Crippen LogP contribution in [0.25, 0.3) is 0 Å². The maximum atomic E-state index is 12.4. The Morgan fingerprint density at radius 1 is 1.33 bits per heavy atom. The molecule has 1 aromatic carbocycles. The molecule has 0 bridgehead atoms. The number of fused-ring (bicyclic) bond motifs is 1. The van der Waals surface area contributed by atoms with Gasteiger partial charge in [-0.1, -0.05) is 0 Å². The minimum absolute atomic E-state index is 0.143. The van der Waals surface area contributed by atoms with E-state index < -0.39 is 5.97 Å². The Morgan fingerprint density at radius 3 is 2.81 bits per heavy atom. The zero-order valence-corrected chi connectivity index (χ0v) is 10.9. The van der Waals surface area contributed by atoms with Gasteiger partial charge in [-0.25, -0.2) is 9.78 Å². The summed E-state index contributed by atoms with van der Waals surface area (Å²) in [6.07, 6.45) is 2.91. The average Bonchev–Trinajstić information content (AvgIpc) is 2.90. The molecule has 1 aliphatic heterocycles. The van der Waals surface area contributed by atoms with Gasteiger partial charge < -0.3 is 15.0 Å². The van der Waals surface area contributed by atoms with Crippen molar-refractivity contribution in [3.8, 4) is 0 Å². The summed E-state index contributed by atoms with van der Waals surface area (Å²) in [4.78, 5) is 42.0. The van der Waals surface area contributed by atoms with E-state index >= 15 is 0 Å². The number of H-pyrrole nitrogens is 1. The predicted molar refractivity (Wildman–Crippen MR) is 73.6 cm³/mol. The predicted octanol–water partition coefficient (Wildman–Crippen LogP) is 0.671. The lowest BCUT2D eigenvalue weighted by molar-refractivity contribution is 0.0696. The lowest BCUT2D eigenvalue weighted by Gasteiger charge is -2.16. The zero-order chi connectivity index (χ0) is 15.0. The van der Waals surface area contributed by atoms with Crippen molar-refractivity contribution in [3.05, 3.63) is 57.8 Å². The molecule has 0 aliphatic carbocycles. The first-order chi connectivity index (χ1) is 10.1. The van der Waals surface area contributed by atoms with Gasteiger partial charge in [0.15, 0.2) is 0 Å². The maximum Gasteiger partial charge on any atom is 0.335 e. The number of nitrogens with zero attached hydrogens (tertiary/aromatic N) is 2.